The standard InChI is InChI=1S/C33H47N5O6/c1-22(2)17-27(35-23(3)39)31(41)37-28(19-25-13-9-6-10-14-25)32(42)36-26(18-24-11-7-5-8-12-24)30(40)21-38-16-15-34-20-29(38)33(43)44-4/h5-14,22,26-30,34,40H,15-21H2,1-4H3,(H,35,39)(H,36,42)(H,37,41)/t26-,27-,28-,29-,30-/m0/s1. The van der Waals surface area contributed by atoms with Gasteiger partial charge in [-0.25, -0.2) is 0 Å². The number of hydrogen-bond acceptors (Lipinski definition) is 8. The Morgan fingerprint density at radius 3 is 2.07 bits per heavy atom. The van der Waals surface area contributed by atoms with Crippen molar-refractivity contribution in [3.8, 4) is 0 Å². The average molecular weight is 610 g/mol. The number of β-amino-alcohol motifs (C(OH)–C–C–N with tert-alkyl or cyclic N) is 1. The molecule has 1 fully saturated rings. The van der Waals surface area contributed by atoms with E-state index in [1.165, 1.54) is 14.0 Å². The van der Waals surface area contributed by atoms with Crippen LogP contribution in [0.25, 0.3) is 0 Å². The van der Waals surface area contributed by atoms with E-state index >= 15 is 0 Å². The maximum atomic E-state index is 13.9. The number of piperazine rings is 1. The molecule has 0 aliphatic carbocycles. The summed E-state index contributed by atoms with van der Waals surface area (Å²) in [7, 11) is 1.34. The molecule has 1 saturated heterocycles. The van der Waals surface area contributed by atoms with Gasteiger partial charge in [0.15, 0.2) is 0 Å². The number of benzene rings is 2. The van der Waals surface area contributed by atoms with E-state index < -0.39 is 48.1 Å². The SMILES string of the molecule is COC(=O)[C@@H]1CNCCN1C[C@H](O)[C@H](Cc1ccccc1)NC(=O)[C@H](Cc1ccccc1)NC(=O)[C@H](CC(C)C)NC(C)=O. The van der Waals surface area contributed by atoms with Gasteiger partial charge in [0.25, 0.3) is 0 Å². The minimum atomic E-state index is -1.04. The van der Waals surface area contributed by atoms with Gasteiger partial charge in [-0.15, -0.1) is 0 Å². The number of aliphatic hydroxyl groups is 1. The fourth-order valence-corrected chi connectivity index (χ4v) is 5.42. The van der Waals surface area contributed by atoms with Crippen molar-refractivity contribution in [2.45, 2.75) is 70.3 Å². The molecule has 11 heteroatoms. The molecular weight excluding hydrogens is 562 g/mol. The van der Waals surface area contributed by atoms with Crippen molar-refractivity contribution in [1.82, 2.24) is 26.2 Å². The fourth-order valence-electron chi connectivity index (χ4n) is 5.42. The summed E-state index contributed by atoms with van der Waals surface area (Å²) in [6.07, 6.45) is -0.0858. The van der Waals surface area contributed by atoms with E-state index in [1.54, 1.807) is 0 Å². The molecule has 1 aliphatic rings. The quantitative estimate of drug-likeness (QED) is 0.186. The predicted molar refractivity (Wildman–Crippen MR) is 167 cm³/mol. The van der Waals surface area contributed by atoms with Gasteiger partial charge in [-0.3, -0.25) is 24.1 Å². The lowest BCUT2D eigenvalue weighted by molar-refractivity contribution is -0.148. The molecule has 1 aliphatic heterocycles. The molecule has 11 nitrogen and oxygen atoms in total. The third-order valence-corrected chi connectivity index (χ3v) is 7.66. The van der Waals surface area contributed by atoms with Gasteiger partial charge in [0, 0.05) is 39.5 Å². The molecule has 3 rings (SSSR count). The first-order valence-electron chi connectivity index (χ1n) is 15.2. The van der Waals surface area contributed by atoms with E-state index in [9.17, 15) is 24.3 Å². The number of ether oxygens (including phenoxy) is 1. The molecule has 0 bridgehead atoms. The van der Waals surface area contributed by atoms with E-state index in [2.05, 4.69) is 21.3 Å². The van der Waals surface area contributed by atoms with Crippen LogP contribution < -0.4 is 21.3 Å². The van der Waals surface area contributed by atoms with E-state index in [0.29, 0.717) is 32.5 Å². The molecule has 0 spiro atoms. The zero-order chi connectivity index (χ0) is 32.1. The van der Waals surface area contributed by atoms with Crippen LogP contribution >= 0.6 is 0 Å². The summed E-state index contributed by atoms with van der Waals surface area (Å²) >= 11 is 0. The van der Waals surface area contributed by atoms with Gasteiger partial charge in [0.2, 0.25) is 17.7 Å². The van der Waals surface area contributed by atoms with E-state index in [1.807, 2.05) is 79.4 Å². The number of aliphatic hydroxyl groups excluding tert-OH is 1. The molecule has 0 saturated carbocycles. The van der Waals surface area contributed by atoms with Crippen LogP contribution in [0.5, 0.6) is 0 Å². The van der Waals surface area contributed by atoms with Crippen LogP contribution in [-0.2, 0) is 36.8 Å². The maximum Gasteiger partial charge on any atom is 0.324 e. The molecule has 2 aromatic rings. The molecule has 240 valence electrons. The van der Waals surface area contributed by atoms with Gasteiger partial charge in [0.1, 0.15) is 18.1 Å². The zero-order valence-electron chi connectivity index (χ0n) is 26.1. The normalized spacial score (nSPS) is 18.0. The van der Waals surface area contributed by atoms with Crippen molar-refractivity contribution in [2.24, 2.45) is 5.92 Å². The summed E-state index contributed by atoms with van der Waals surface area (Å²) in [5, 5.41) is 23.3. The first kappa shape index (κ1) is 34.7. The summed E-state index contributed by atoms with van der Waals surface area (Å²) in [5.41, 5.74) is 1.75. The minimum Gasteiger partial charge on any atom is -0.468 e. The Morgan fingerprint density at radius 2 is 1.50 bits per heavy atom. The molecule has 3 amide bonds. The number of hydrogen-bond donors (Lipinski definition) is 5. The third kappa shape index (κ3) is 11.0. The van der Waals surface area contributed by atoms with Crippen LogP contribution in [0.4, 0.5) is 0 Å². The Morgan fingerprint density at radius 1 is 0.909 bits per heavy atom. The highest BCUT2D eigenvalue weighted by Gasteiger charge is 2.34. The molecular formula is C33H47N5O6. The minimum absolute atomic E-state index is 0.128. The summed E-state index contributed by atoms with van der Waals surface area (Å²) in [4.78, 5) is 53.5. The van der Waals surface area contributed by atoms with Crippen LogP contribution in [-0.4, -0.2) is 97.3 Å². The molecule has 2 aromatic carbocycles. The smallest absolute Gasteiger partial charge is 0.324 e. The van der Waals surface area contributed by atoms with E-state index in [0.717, 1.165) is 11.1 Å². The highest BCUT2D eigenvalue weighted by atomic mass is 16.5. The largest absolute Gasteiger partial charge is 0.468 e. The number of rotatable bonds is 15. The number of methoxy groups -OCH3 is 1. The predicted octanol–water partition coefficient (Wildman–Crippen LogP) is 0.800. The first-order valence-corrected chi connectivity index (χ1v) is 15.2. The average Bonchev–Trinajstić information content (AvgIpc) is 3.00. The number of esters is 1. The van der Waals surface area contributed by atoms with Crippen molar-refractivity contribution < 1.29 is 29.0 Å². The number of nitrogens with zero attached hydrogens (tertiary/aromatic N) is 1. The van der Waals surface area contributed by atoms with Gasteiger partial charge < -0.3 is 31.1 Å². The van der Waals surface area contributed by atoms with Crippen LogP contribution in [0.15, 0.2) is 60.7 Å². The Hall–Kier alpha value is -3.80. The maximum absolute atomic E-state index is 13.9. The van der Waals surface area contributed by atoms with Crippen LogP contribution in [0.1, 0.15) is 38.3 Å². The van der Waals surface area contributed by atoms with Crippen molar-refractivity contribution in [1.29, 1.82) is 0 Å². The van der Waals surface area contributed by atoms with Crippen molar-refractivity contribution in [2.75, 3.05) is 33.3 Å². The Balaban J connectivity index is 1.85. The van der Waals surface area contributed by atoms with Crippen molar-refractivity contribution in [3.63, 3.8) is 0 Å². The molecule has 0 aromatic heterocycles. The second-order valence-corrected chi connectivity index (χ2v) is 11.7. The second kappa shape index (κ2) is 17.5. The Labute approximate surface area is 260 Å². The van der Waals surface area contributed by atoms with Gasteiger partial charge in [-0.1, -0.05) is 74.5 Å². The zero-order valence-corrected chi connectivity index (χ0v) is 26.1. The molecule has 44 heavy (non-hydrogen) atoms. The molecule has 5 N–H and O–H groups in total. The third-order valence-electron chi connectivity index (χ3n) is 7.66. The lowest BCUT2D eigenvalue weighted by atomic mass is 9.98. The monoisotopic (exact) mass is 609 g/mol. The summed E-state index contributed by atoms with van der Waals surface area (Å²) < 4.78 is 4.98. The highest BCUT2D eigenvalue weighted by Crippen LogP contribution is 2.14. The topological polar surface area (TPSA) is 149 Å². The van der Waals surface area contributed by atoms with Gasteiger partial charge >= 0.3 is 5.97 Å². The molecule has 5 atom stereocenters. The van der Waals surface area contributed by atoms with Crippen LogP contribution in [0.2, 0.25) is 0 Å². The van der Waals surface area contributed by atoms with Crippen molar-refractivity contribution in [3.05, 3.63) is 71.8 Å². The summed E-state index contributed by atoms with van der Waals surface area (Å²) in [6, 6.07) is 15.8. The highest BCUT2D eigenvalue weighted by molar-refractivity contribution is 5.92. The Bertz CT molecular complexity index is 1210. The lowest BCUT2D eigenvalue weighted by Crippen LogP contribution is -2.61. The molecule has 0 radical (unpaired) electrons. The second-order valence-electron chi connectivity index (χ2n) is 11.7. The number of carbonyl (C=O) groups excluding carboxylic acids is 4. The van der Waals surface area contributed by atoms with Crippen LogP contribution in [0.3, 0.4) is 0 Å². The Kier molecular flexibility index (Phi) is 13.8. The summed E-state index contributed by atoms with van der Waals surface area (Å²) in [6.45, 7) is 6.96. The number of amides is 3. The number of nitrogens with one attached hydrogen (secondary N) is 4. The van der Waals surface area contributed by atoms with Gasteiger partial charge in [0.05, 0.1) is 19.3 Å². The van der Waals surface area contributed by atoms with E-state index in [-0.39, 0.29) is 24.8 Å². The van der Waals surface area contributed by atoms with Crippen molar-refractivity contribution >= 4 is 23.7 Å². The fraction of sp³-hybridized carbons (Fsp3) is 0.515. The van der Waals surface area contributed by atoms with Gasteiger partial charge in [-0.05, 0) is 29.9 Å². The van der Waals surface area contributed by atoms with Crippen LogP contribution in [0, 0.1) is 5.92 Å². The lowest BCUT2D eigenvalue weighted by Gasteiger charge is -2.37. The molecule has 1 heterocycles. The number of carbonyl (C=O) groups is 4. The molecule has 0 unspecified atom stereocenters. The van der Waals surface area contributed by atoms with Gasteiger partial charge in [-0.2, -0.15) is 0 Å². The summed E-state index contributed by atoms with van der Waals surface area (Å²) in [5.74, 6) is -1.51. The van der Waals surface area contributed by atoms with E-state index in [4.69, 9.17) is 4.74 Å². The first-order chi connectivity index (χ1) is 21.1.